The molecule has 2 nitrogen and oxygen atoms in total. The minimum absolute atomic E-state index is 0.713. The number of benzene rings is 1. The third-order valence-corrected chi connectivity index (χ3v) is 4.62. The molecule has 0 bridgehead atoms. The summed E-state index contributed by atoms with van der Waals surface area (Å²) in [5.74, 6) is 1.07. The van der Waals surface area contributed by atoms with Gasteiger partial charge in [0.15, 0.2) is 0 Å². The highest BCUT2D eigenvalue weighted by atomic mass is 79.9. The molecule has 0 atom stereocenters. The summed E-state index contributed by atoms with van der Waals surface area (Å²) in [5, 5.41) is 0. The molecule has 0 radical (unpaired) electrons. The molecule has 0 unspecified atom stereocenters. The summed E-state index contributed by atoms with van der Waals surface area (Å²) >= 11 is 5.32. The van der Waals surface area contributed by atoms with Crippen molar-refractivity contribution >= 4 is 34.0 Å². The molecular weight excluding hydrogens is 298 g/mol. The summed E-state index contributed by atoms with van der Waals surface area (Å²) in [6, 6.07) is 5.73. The number of carbonyl (C=O) groups is 1. The first-order valence-electron chi connectivity index (χ1n) is 5.81. The van der Waals surface area contributed by atoms with Crippen LogP contribution < -0.4 is 0 Å². The van der Waals surface area contributed by atoms with Crippen LogP contribution in [0.5, 0.6) is 0 Å². The molecule has 0 saturated heterocycles. The number of aldehydes is 1. The summed E-state index contributed by atoms with van der Waals surface area (Å²) < 4.78 is 1.01. The molecule has 0 aromatic heterocycles. The van der Waals surface area contributed by atoms with E-state index in [1.54, 1.807) is 0 Å². The third kappa shape index (κ3) is 4.82. The van der Waals surface area contributed by atoms with Crippen LogP contribution in [0.1, 0.15) is 24.2 Å². The summed E-state index contributed by atoms with van der Waals surface area (Å²) in [5.41, 5.74) is 0.713. The highest BCUT2D eigenvalue weighted by Gasteiger charge is 2.03. The molecule has 0 N–H and O–H groups in total. The van der Waals surface area contributed by atoms with Crippen molar-refractivity contribution in [2.75, 3.05) is 25.4 Å². The van der Waals surface area contributed by atoms with Gasteiger partial charge >= 0.3 is 0 Å². The largest absolute Gasteiger partial charge is 0.303 e. The van der Waals surface area contributed by atoms with Crippen molar-refractivity contribution < 1.29 is 4.79 Å². The molecule has 0 amide bonds. The summed E-state index contributed by atoms with van der Waals surface area (Å²) in [4.78, 5) is 14.2. The third-order valence-electron chi connectivity index (χ3n) is 2.65. The molecule has 0 fully saturated rings. The zero-order chi connectivity index (χ0) is 12.7. The Morgan fingerprint density at radius 3 is 2.59 bits per heavy atom. The topological polar surface area (TPSA) is 20.3 Å². The van der Waals surface area contributed by atoms with Gasteiger partial charge in [0, 0.05) is 27.2 Å². The Bertz CT molecular complexity index is 366. The fraction of sp³-hybridized carbons (Fsp3) is 0.462. The van der Waals surface area contributed by atoms with Crippen molar-refractivity contribution in [3.8, 4) is 0 Å². The lowest BCUT2D eigenvalue weighted by molar-refractivity contribution is 0.112. The number of carbonyl (C=O) groups excluding carboxylic acids is 1. The van der Waals surface area contributed by atoms with Crippen LogP contribution >= 0.6 is 27.7 Å². The minimum atomic E-state index is 0.713. The highest BCUT2D eigenvalue weighted by molar-refractivity contribution is 9.10. The smallest absolute Gasteiger partial charge is 0.150 e. The van der Waals surface area contributed by atoms with Crippen LogP contribution in [0.25, 0.3) is 0 Å². The van der Waals surface area contributed by atoms with Crippen molar-refractivity contribution in [1.82, 2.24) is 4.90 Å². The van der Waals surface area contributed by atoms with Crippen molar-refractivity contribution in [2.24, 2.45) is 0 Å². The monoisotopic (exact) mass is 315 g/mol. The highest BCUT2D eigenvalue weighted by Crippen LogP contribution is 2.28. The molecule has 0 heterocycles. The van der Waals surface area contributed by atoms with Crippen LogP contribution in [0.4, 0.5) is 0 Å². The van der Waals surface area contributed by atoms with Crippen molar-refractivity contribution in [1.29, 1.82) is 0 Å². The van der Waals surface area contributed by atoms with Gasteiger partial charge in [-0.2, -0.15) is 0 Å². The van der Waals surface area contributed by atoms with Crippen molar-refractivity contribution in [2.45, 2.75) is 18.7 Å². The molecule has 1 aromatic carbocycles. The van der Waals surface area contributed by atoms with Crippen LogP contribution in [0.15, 0.2) is 27.6 Å². The van der Waals surface area contributed by atoms with E-state index < -0.39 is 0 Å². The maximum atomic E-state index is 10.6. The standard InChI is InChI=1S/C13H18BrNOS/c1-3-15(4-2)7-8-17-13-6-5-11(10-16)9-12(13)14/h5-6,9-10H,3-4,7-8H2,1-2H3. The van der Waals surface area contributed by atoms with Crippen LogP contribution in [-0.2, 0) is 0 Å². The maximum absolute atomic E-state index is 10.6. The summed E-state index contributed by atoms with van der Waals surface area (Å²) in [6.45, 7) is 7.66. The van der Waals surface area contributed by atoms with Crippen molar-refractivity contribution in [3.05, 3.63) is 28.2 Å². The second-order valence-corrected chi connectivity index (χ2v) is 5.67. The van der Waals surface area contributed by atoms with Gasteiger partial charge in [0.25, 0.3) is 0 Å². The Morgan fingerprint density at radius 2 is 2.06 bits per heavy atom. The number of halogens is 1. The van der Waals surface area contributed by atoms with Gasteiger partial charge in [-0.25, -0.2) is 0 Å². The van der Waals surface area contributed by atoms with Crippen LogP contribution in [0.2, 0.25) is 0 Å². The Hall–Kier alpha value is -0.320. The van der Waals surface area contributed by atoms with E-state index in [0.29, 0.717) is 5.56 Å². The van der Waals surface area contributed by atoms with E-state index in [0.717, 1.165) is 36.1 Å². The van der Waals surface area contributed by atoms with Gasteiger partial charge < -0.3 is 4.90 Å². The Balaban J connectivity index is 2.49. The normalized spacial score (nSPS) is 10.8. The predicted molar refractivity (Wildman–Crippen MR) is 78.0 cm³/mol. The first kappa shape index (κ1) is 14.7. The molecule has 94 valence electrons. The molecular formula is C13H18BrNOS. The molecule has 4 heteroatoms. The van der Waals surface area contributed by atoms with E-state index in [9.17, 15) is 4.79 Å². The fourth-order valence-electron chi connectivity index (χ4n) is 1.53. The Morgan fingerprint density at radius 1 is 1.35 bits per heavy atom. The lowest BCUT2D eigenvalue weighted by Gasteiger charge is -2.17. The first-order chi connectivity index (χ1) is 8.21. The SMILES string of the molecule is CCN(CC)CCSc1ccc(C=O)cc1Br. The number of hydrogen-bond acceptors (Lipinski definition) is 3. The first-order valence-corrected chi connectivity index (χ1v) is 7.59. The molecule has 1 rings (SSSR count). The quantitative estimate of drug-likeness (QED) is 0.565. The average Bonchev–Trinajstić information content (AvgIpc) is 2.36. The van der Waals surface area contributed by atoms with Gasteiger partial charge in [0.05, 0.1) is 0 Å². The molecule has 0 saturated carbocycles. The molecule has 1 aromatic rings. The van der Waals surface area contributed by atoms with E-state index in [1.807, 2.05) is 30.0 Å². The minimum Gasteiger partial charge on any atom is -0.303 e. The van der Waals surface area contributed by atoms with Crippen LogP contribution in [-0.4, -0.2) is 36.6 Å². The maximum Gasteiger partial charge on any atom is 0.150 e. The molecule has 0 aliphatic heterocycles. The summed E-state index contributed by atoms with van der Waals surface area (Å²) in [6.07, 6.45) is 0.870. The molecule has 0 aliphatic carbocycles. The second-order valence-electron chi connectivity index (χ2n) is 3.68. The second kappa shape index (κ2) is 7.90. The number of nitrogens with zero attached hydrogens (tertiary/aromatic N) is 1. The lowest BCUT2D eigenvalue weighted by atomic mass is 10.2. The van der Waals surface area contributed by atoms with Crippen LogP contribution in [0.3, 0.4) is 0 Å². The van der Waals surface area contributed by atoms with E-state index in [-0.39, 0.29) is 0 Å². The van der Waals surface area contributed by atoms with Gasteiger partial charge in [-0.3, -0.25) is 4.79 Å². The number of thioether (sulfide) groups is 1. The zero-order valence-electron chi connectivity index (χ0n) is 10.3. The zero-order valence-corrected chi connectivity index (χ0v) is 12.7. The van der Waals surface area contributed by atoms with E-state index >= 15 is 0 Å². The number of hydrogen-bond donors (Lipinski definition) is 0. The van der Waals surface area contributed by atoms with Crippen molar-refractivity contribution in [3.63, 3.8) is 0 Å². The van der Waals surface area contributed by atoms with E-state index in [2.05, 4.69) is 34.7 Å². The fourth-order valence-corrected chi connectivity index (χ4v) is 3.20. The van der Waals surface area contributed by atoms with Crippen LogP contribution in [0, 0.1) is 0 Å². The van der Waals surface area contributed by atoms with Gasteiger partial charge in [-0.1, -0.05) is 19.9 Å². The Labute approximate surface area is 116 Å². The number of rotatable bonds is 7. The van der Waals surface area contributed by atoms with Gasteiger partial charge in [0.2, 0.25) is 0 Å². The Kier molecular flexibility index (Phi) is 6.85. The molecule has 0 aliphatic rings. The van der Waals surface area contributed by atoms with Gasteiger partial charge in [-0.15, -0.1) is 11.8 Å². The molecule has 0 spiro atoms. The van der Waals surface area contributed by atoms with E-state index in [4.69, 9.17) is 0 Å². The van der Waals surface area contributed by atoms with E-state index in [1.165, 1.54) is 4.90 Å². The lowest BCUT2D eigenvalue weighted by Crippen LogP contribution is -2.25. The molecule has 17 heavy (non-hydrogen) atoms. The summed E-state index contributed by atoms with van der Waals surface area (Å²) in [7, 11) is 0. The van der Waals surface area contributed by atoms with Gasteiger partial charge in [-0.05, 0) is 41.2 Å². The van der Waals surface area contributed by atoms with Gasteiger partial charge in [0.1, 0.15) is 6.29 Å². The average molecular weight is 316 g/mol. The predicted octanol–water partition coefficient (Wildman–Crippen LogP) is 3.70.